The number of halogens is 2. The first kappa shape index (κ1) is 29.0. The Labute approximate surface area is 230 Å². The number of nitrogens with one attached hydrogen (secondary N) is 1. The van der Waals surface area contributed by atoms with Crippen molar-refractivity contribution >= 4 is 61.2 Å². The summed E-state index contributed by atoms with van der Waals surface area (Å²) in [5.41, 5.74) is 1.49. The Morgan fingerprint density at radius 1 is 1.11 bits per heavy atom. The minimum atomic E-state index is -4.33. The van der Waals surface area contributed by atoms with Gasteiger partial charge in [-0.2, -0.15) is 8.42 Å². The highest BCUT2D eigenvalue weighted by Gasteiger charge is 2.36. The normalized spacial score (nSPS) is 12.4. The Bertz CT molecular complexity index is 1260. The molecule has 2 heterocycles. The highest BCUT2D eigenvalue weighted by Crippen LogP contribution is 2.38. The van der Waals surface area contributed by atoms with Crippen LogP contribution in [0.25, 0.3) is 0 Å². The molecule has 0 aliphatic carbocycles. The number of hydrogen-bond acceptors (Lipinski definition) is 9. The highest BCUT2D eigenvalue weighted by molar-refractivity contribution is 7.87. The minimum Gasteiger partial charge on any atom is -0.382 e. The maximum Gasteiger partial charge on any atom is 0.328 e. The average Bonchev–Trinajstić information content (AvgIpc) is 3.33. The lowest BCUT2D eigenvalue weighted by atomic mass is 10.1. The monoisotopic (exact) mass is 586 g/mol. The van der Waals surface area contributed by atoms with E-state index in [4.69, 9.17) is 27.4 Å². The molecule has 3 rings (SSSR count). The number of anilines is 2. The molecule has 2 aromatic heterocycles. The number of nitro groups is 1. The molecule has 0 fully saturated rings. The molecule has 13 heteroatoms. The Morgan fingerprint density at radius 3 is 2.32 bits per heavy atom. The van der Waals surface area contributed by atoms with E-state index < -0.39 is 20.3 Å². The molecule has 1 atom stereocenters. The van der Waals surface area contributed by atoms with Crippen LogP contribution in [0.5, 0.6) is 5.75 Å². The zero-order chi connectivity index (χ0) is 27.0. The van der Waals surface area contributed by atoms with Crippen molar-refractivity contribution in [3.8, 4) is 5.75 Å². The molecule has 0 aliphatic heterocycles. The van der Waals surface area contributed by atoms with E-state index in [2.05, 4.69) is 10.3 Å². The van der Waals surface area contributed by atoms with E-state index in [0.29, 0.717) is 36.2 Å². The first-order chi connectivity index (χ1) is 17.6. The van der Waals surface area contributed by atoms with Crippen molar-refractivity contribution in [3.05, 3.63) is 75.3 Å². The van der Waals surface area contributed by atoms with Gasteiger partial charge in [0.05, 0.1) is 10.5 Å². The van der Waals surface area contributed by atoms with Crippen molar-refractivity contribution in [2.45, 2.75) is 31.6 Å². The zero-order valence-electron chi connectivity index (χ0n) is 20.3. The second-order valence-corrected chi connectivity index (χ2v) is 11.8. The highest BCUT2D eigenvalue weighted by atomic mass is 35.5. The maximum atomic E-state index is 13.5. The van der Waals surface area contributed by atoms with E-state index in [-0.39, 0.29) is 28.8 Å². The third-order valence-corrected chi connectivity index (χ3v) is 8.10. The lowest BCUT2D eigenvalue weighted by Gasteiger charge is -2.23. The molecule has 0 spiro atoms. The first-order valence-electron chi connectivity index (χ1n) is 11.5. The molecule has 9 nitrogen and oxygen atoms in total. The summed E-state index contributed by atoms with van der Waals surface area (Å²) in [7, 11) is -4.33. The Balaban J connectivity index is 1.89. The zero-order valence-corrected chi connectivity index (χ0v) is 23.5. The molecule has 3 aromatic rings. The van der Waals surface area contributed by atoms with Crippen molar-refractivity contribution < 1.29 is 17.5 Å². The van der Waals surface area contributed by atoms with Gasteiger partial charge < -0.3 is 14.4 Å². The van der Waals surface area contributed by atoms with Gasteiger partial charge in [-0.1, -0.05) is 17.4 Å². The van der Waals surface area contributed by atoms with Gasteiger partial charge in [-0.15, -0.1) is 23.2 Å². The topological polar surface area (TPSA) is 115 Å². The predicted octanol–water partition coefficient (Wildman–Crippen LogP) is 5.85. The van der Waals surface area contributed by atoms with Crippen molar-refractivity contribution in [2.75, 3.05) is 35.1 Å². The van der Waals surface area contributed by atoms with Crippen LogP contribution in [0.2, 0.25) is 0 Å². The van der Waals surface area contributed by atoms with E-state index in [0.717, 1.165) is 17.0 Å². The van der Waals surface area contributed by atoms with E-state index in [1.54, 1.807) is 30.5 Å². The predicted molar refractivity (Wildman–Crippen MR) is 150 cm³/mol. The molecule has 0 aliphatic rings. The van der Waals surface area contributed by atoms with Crippen molar-refractivity contribution in [1.82, 2.24) is 4.98 Å². The van der Waals surface area contributed by atoms with Crippen molar-refractivity contribution in [2.24, 2.45) is 0 Å². The number of hydrogen-bond donors (Lipinski definition) is 1. The molecule has 0 saturated heterocycles. The fourth-order valence-corrected chi connectivity index (χ4v) is 6.34. The van der Waals surface area contributed by atoms with Crippen molar-refractivity contribution in [1.29, 1.82) is 0 Å². The largest absolute Gasteiger partial charge is 0.382 e. The van der Waals surface area contributed by atoms with Gasteiger partial charge in [0.15, 0.2) is 0 Å². The fraction of sp³-hybridized carbons (Fsp3) is 0.375. The summed E-state index contributed by atoms with van der Waals surface area (Å²) in [5, 5.41) is 14.7. The van der Waals surface area contributed by atoms with E-state index in [1.807, 2.05) is 18.7 Å². The second-order valence-electron chi connectivity index (χ2n) is 8.42. The Hall–Kier alpha value is -2.60. The standard InChI is InChI=1S/C24H28Cl2N4O5S2/c1-17(2)28-23-8-3-18(16-27-23)15-22(21-9-14-36-24(21)30(31)32)37(33,34)35-20-6-4-19(5-7-20)29(12-10-25)13-11-26/h3-9,14,16-17,22H,10-13,15H2,1-2H3,(H,27,28). The molecule has 0 saturated carbocycles. The number of rotatable bonds is 14. The summed E-state index contributed by atoms with van der Waals surface area (Å²) in [6.45, 7) is 5.11. The summed E-state index contributed by atoms with van der Waals surface area (Å²) in [6.07, 6.45) is 1.51. The van der Waals surface area contributed by atoms with Gasteiger partial charge in [-0.25, -0.2) is 4.98 Å². The lowest BCUT2D eigenvalue weighted by molar-refractivity contribution is -0.380. The summed E-state index contributed by atoms with van der Waals surface area (Å²) in [6, 6.07) is 11.6. The molecule has 0 bridgehead atoms. The third kappa shape index (κ3) is 7.94. The quantitative estimate of drug-likeness (QED) is 0.108. The van der Waals surface area contributed by atoms with Crippen LogP contribution in [0.4, 0.5) is 16.5 Å². The van der Waals surface area contributed by atoms with Crippen LogP contribution < -0.4 is 14.4 Å². The number of nitrogens with zero attached hydrogens (tertiary/aromatic N) is 3. The summed E-state index contributed by atoms with van der Waals surface area (Å²) < 4.78 is 32.5. The molecule has 1 unspecified atom stereocenters. The third-order valence-electron chi connectivity index (χ3n) is 5.34. The number of aromatic nitrogens is 1. The lowest BCUT2D eigenvalue weighted by Crippen LogP contribution is -2.27. The fourth-order valence-electron chi connectivity index (χ4n) is 3.69. The molecular formula is C24H28Cl2N4O5S2. The number of benzene rings is 1. The summed E-state index contributed by atoms with van der Waals surface area (Å²) >= 11 is 12.6. The number of thiophene rings is 1. The minimum absolute atomic E-state index is 0.0494. The Morgan fingerprint density at radius 2 is 1.78 bits per heavy atom. The van der Waals surface area contributed by atoms with E-state index in [1.165, 1.54) is 23.6 Å². The van der Waals surface area contributed by atoms with Crippen LogP contribution >= 0.6 is 34.5 Å². The van der Waals surface area contributed by atoms with Gasteiger partial charge in [0.25, 0.3) is 0 Å². The van der Waals surface area contributed by atoms with Crippen LogP contribution in [-0.4, -0.2) is 49.2 Å². The van der Waals surface area contributed by atoms with Gasteiger partial charge >= 0.3 is 15.1 Å². The molecule has 200 valence electrons. The maximum absolute atomic E-state index is 13.5. The van der Waals surface area contributed by atoms with Gasteiger partial charge in [0.1, 0.15) is 16.8 Å². The molecule has 0 radical (unpaired) electrons. The molecule has 37 heavy (non-hydrogen) atoms. The summed E-state index contributed by atoms with van der Waals surface area (Å²) in [5.74, 6) is 1.56. The van der Waals surface area contributed by atoms with Crippen LogP contribution in [0.1, 0.15) is 30.2 Å². The van der Waals surface area contributed by atoms with Crippen molar-refractivity contribution in [3.63, 3.8) is 0 Å². The molecular weight excluding hydrogens is 559 g/mol. The SMILES string of the molecule is CC(C)Nc1ccc(CC(c2ccsc2[N+](=O)[O-])S(=O)(=O)Oc2ccc(N(CCCl)CCCl)cc2)cn1. The van der Waals surface area contributed by atoms with Gasteiger partial charge in [0, 0.05) is 42.8 Å². The molecule has 0 amide bonds. The molecule has 1 aromatic carbocycles. The van der Waals surface area contributed by atoms with Crippen LogP contribution in [0.3, 0.4) is 0 Å². The van der Waals surface area contributed by atoms with E-state index in [9.17, 15) is 18.5 Å². The number of alkyl halides is 2. The van der Waals surface area contributed by atoms with Crippen LogP contribution in [-0.2, 0) is 16.5 Å². The average molecular weight is 588 g/mol. The Kier molecular flexibility index (Phi) is 10.4. The van der Waals surface area contributed by atoms with E-state index >= 15 is 0 Å². The van der Waals surface area contributed by atoms with Gasteiger partial charge in [-0.3, -0.25) is 10.1 Å². The van der Waals surface area contributed by atoms with Gasteiger partial charge in [0.2, 0.25) is 0 Å². The van der Waals surface area contributed by atoms with Gasteiger partial charge in [-0.05, 0) is 67.6 Å². The second kappa shape index (κ2) is 13.3. The first-order valence-corrected chi connectivity index (χ1v) is 14.9. The number of pyridine rings is 1. The van der Waals surface area contributed by atoms with Crippen LogP contribution in [0.15, 0.2) is 54.0 Å². The molecule has 1 N–H and O–H groups in total. The van der Waals surface area contributed by atoms with Crippen LogP contribution in [0, 0.1) is 10.1 Å². The smallest absolute Gasteiger partial charge is 0.328 e. The summed E-state index contributed by atoms with van der Waals surface area (Å²) in [4.78, 5) is 17.3.